The van der Waals surface area contributed by atoms with Crippen LogP contribution in [0.1, 0.15) is 23.6 Å². The van der Waals surface area contributed by atoms with Gasteiger partial charge in [-0.15, -0.1) is 0 Å². The minimum Gasteiger partial charge on any atom is -0.378 e. The Morgan fingerprint density at radius 1 is 1.10 bits per heavy atom. The van der Waals surface area contributed by atoms with Crippen LogP contribution in [0.2, 0.25) is 0 Å². The third-order valence-electron chi connectivity index (χ3n) is 3.74. The number of aryl methyl sites for hydroxylation is 1. The van der Waals surface area contributed by atoms with Crippen LogP contribution in [0.25, 0.3) is 0 Å². The molecule has 0 bridgehead atoms. The maximum Gasteiger partial charge on any atom is 0.175 e. The van der Waals surface area contributed by atoms with Crippen molar-refractivity contribution in [3.8, 4) is 0 Å². The molecule has 0 fully saturated rings. The first kappa shape index (κ1) is 13.2. The molecule has 0 amide bonds. The summed E-state index contributed by atoms with van der Waals surface area (Å²) in [4.78, 5) is 0.355. The molecule has 0 aliphatic heterocycles. The van der Waals surface area contributed by atoms with Crippen molar-refractivity contribution in [2.24, 2.45) is 0 Å². The predicted octanol–water partition coefficient (Wildman–Crippen LogP) is 3.19. The average molecular weight is 287 g/mol. The van der Waals surface area contributed by atoms with Gasteiger partial charge in [-0.2, -0.15) is 0 Å². The zero-order valence-corrected chi connectivity index (χ0v) is 12.2. The first-order valence-electron chi connectivity index (χ1n) is 6.68. The summed E-state index contributed by atoms with van der Waals surface area (Å²) in [5.41, 5.74) is 3.55. The number of anilines is 1. The van der Waals surface area contributed by atoms with E-state index in [9.17, 15) is 8.42 Å². The maximum atomic E-state index is 11.6. The van der Waals surface area contributed by atoms with Crippen LogP contribution in [-0.2, 0) is 16.3 Å². The summed E-state index contributed by atoms with van der Waals surface area (Å²) in [6.45, 7) is 0. The van der Waals surface area contributed by atoms with Crippen molar-refractivity contribution >= 4 is 15.5 Å². The second-order valence-corrected chi connectivity index (χ2v) is 7.25. The lowest BCUT2D eigenvalue weighted by Crippen LogP contribution is -2.07. The van der Waals surface area contributed by atoms with E-state index in [0.29, 0.717) is 4.90 Å². The van der Waals surface area contributed by atoms with E-state index in [-0.39, 0.29) is 6.04 Å². The summed E-state index contributed by atoms with van der Waals surface area (Å²) in [6.07, 6.45) is 3.35. The van der Waals surface area contributed by atoms with Gasteiger partial charge in [-0.05, 0) is 42.2 Å². The summed E-state index contributed by atoms with van der Waals surface area (Å²) in [6, 6.07) is 15.7. The Bertz CT molecular complexity index is 738. The zero-order chi connectivity index (χ0) is 14.2. The van der Waals surface area contributed by atoms with E-state index in [2.05, 4.69) is 23.5 Å². The normalized spacial score (nSPS) is 17.8. The quantitative estimate of drug-likeness (QED) is 0.943. The van der Waals surface area contributed by atoms with Crippen molar-refractivity contribution in [1.82, 2.24) is 0 Å². The summed E-state index contributed by atoms with van der Waals surface area (Å²) in [5, 5.41) is 3.45. The van der Waals surface area contributed by atoms with Crippen molar-refractivity contribution in [3.05, 3.63) is 59.7 Å². The topological polar surface area (TPSA) is 46.2 Å². The lowest BCUT2D eigenvalue weighted by Gasteiger charge is -2.16. The van der Waals surface area contributed by atoms with Gasteiger partial charge in [0.05, 0.1) is 10.9 Å². The number of hydrogen-bond donors (Lipinski definition) is 1. The fraction of sp³-hybridized carbons (Fsp3) is 0.250. The van der Waals surface area contributed by atoms with E-state index in [0.717, 1.165) is 18.5 Å². The Morgan fingerprint density at radius 2 is 1.90 bits per heavy atom. The second-order valence-electron chi connectivity index (χ2n) is 5.23. The first-order chi connectivity index (χ1) is 9.54. The van der Waals surface area contributed by atoms with Crippen molar-refractivity contribution in [2.75, 3.05) is 11.6 Å². The van der Waals surface area contributed by atoms with Gasteiger partial charge in [-0.25, -0.2) is 8.42 Å². The number of rotatable bonds is 3. The van der Waals surface area contributed by atoms with Crippen LogP contribution in [0.15, 0.2) is 53.4 Å². The molecule has 20 heavy (non-hydrogen) atoms. The highest BCUT2D eigenvalue weighted by molar-refractivity contribution is 7.90. The zero-order valence-electron chi connectivity index (χ0n) is 11.3. The van der Waals surface area contributed by atoms with Crippen LogP contribution in [0.4, 0.5) is 5.69 Å². The van der Waals surface area contributed by atoms with E-state index in [4.69, 9.17) is 0 Å². The van der Waals surface area contributed by atoms with Gasteiger partial charge >= 0.3 is 0 Å². The highest BCUT2D eigenvalue weighted by atomic mass is 32.2. The monoisotopic (exact) mass is 287 g/mol. The van der Waals surface area contributed by atoms with Gasteiger partial charge < -0.3 is 5.32 Å². The van der Waals surface area contributed by atoms with Crippen LogP contribution in [0.5, 0.6) is 0 Å². The summed E-state index contributed by atoms with van der Waals surface area (Å²) >= 11 is 0. The van der Waals surface area contributed by atoms with Gasteiger partial charge in [-0.1, -0.05) is 30.3 Å². The Balaban J connectivity index is 1.87. The summed E-state index contributed by atoms with van der Waals surface area (Å²) in [5.74, 6) is 0. The fourth-order valence-corrected chi connectivity index (χ4v) is 3.39. The molecule has 1 N–H and O–H groups in total. The molecule has 4 heteroatoms. The predicted molar refractivity (Wildman–Crippen MR) is 80.7 cm³/mol. The van der Waals surface area contributed by atoms with Crippen LogP contribution in [0, 0.1) is 0 Å². The van der Waals surface area contributed by atoms with Crippen molar-refractivity contribution in [2.45, 2.75) is 23.8 Å². The van der Waals surface area contributed by atoms with E-state index in [1.54, 1.807) is 18.2 Å². The van der Waals surface area contributed by atoms with Crippen molar-refractivity contribution in [3.63, 3.8) is 0 Å². The molecule has 0 saturated heterocycles. The molecule has 1 unspecified atom stereocenters. The fourth-order valence-electron chi connectivity index (χ4n) is 2.72. The molecule has 1 atom stereocenters. The molecule has 0 spiro atoms. The number of benzene rings is 2. The van der Waals surface area contributed by atoms with E-state index >= 15 is 0 Å². The molecular weight excluding hydrogens is 270 g/mol. The SMILES string of the molecule is CS(=O)(=O)c1cccc(NC2CCc3ccccc32)c1. The molecule has 2 aromatic rings. The van der Waals surface area contributed by atoms with E-state index in [1.807, 2.05) is 12.1 Å². The van der Waals surface area contributed by atoms with Gasteiger partial charge in [-0.3, -0.25) is 0 Å². The molecular formula is C16H17NO2S. The van der Waals surface area contributed by atoms with Crippen molar-refractivity contribution in [1.29, 1.82) is 0 Å². The number of sulfone groups is 1. The third-order valence-corrected chi connectivity index (χ3v) is 4.85. The average Bonchev–Trinajstić information content (AvgIpc) is 2.82. The molecule has 1 aliphatic rings. The van der Waals surface area contributed by atoms with Gasteiger partial charge in [0.15, 0.2) is 9.84 Å². The minimum atomic E-state index is -3.16. The standard InChI is InChI=1S/C16H17NO2S/c1-20(18,19)14-7-4-6-13(11-14)17-16-10-9-12-5-2-3-8-15(12)16/h2-8,11,16-17H,9-10H2,1H3. The molecule has 104 valence electrons. The summed E-state index contributed by atoms with van der Waals surface area (Å²) < 4.78 is 23.2. The molecule has 0 aromatic heterocycles. The highest BCUT2D eigenvalue weighted by Crippen LogP contribution is 2.33. The molecule has 0 heterocycles. The molecule has 1 aliphatic carbocycles. The van der Waals surface area contributed by atoms with Gasteiger partial charge in [0.25, 0.3) is 0 Å². The third kappa shape index (κ3) is 2.56. The lowest BCUT2D eigenvalue weighted by atomic mass is 10.1. The maximum absolute atomic E-state index is 11.6. The highest BCUT2D eigenvalue weighted by Gasteiger charge is 2.21. The van der Waals surface area contributed by atoms with Gasteiger partial charge in [0.2, 0.25) is 0 Å². The minimum absolute atomic E-state index is 0.265. The number of hydrogen-bond acceptors (Lipinski definition) is 3. The Morgan fingerprint density at radius 3 is 2.70 bits per heavy atom. The smallest absolute Gasteiger partial charge is 0.175 e. The second kappa shape index (κ2) is 4.94. The van der Waals surface area contributed by atoms with E-state index in [1.165, 1.54) is 17.4 Å². The number of fused-ring (bicyclic) bond motifs is 1. The molecule has 2 aromatic carbocycles. The van der Waals surface area contributed by atoms with Gasteiger partial charge in [0, 0.05) is 11.9 Å². The Labute approximate surface area is 119 Å². The van der Waals surface area contributed by atoms with Crippen molar-refractivity contribution < 1.29 is 8.42 Å². The molecule has 3 nitrogen and oxygen atoms in total. The van der Waals surface area contributed by atoms with Crippen LogP contribution in [0.3, 0.4) is 0 Å². The molecule has 0 saturated carbocycles. The molecule has 0 radical (unpaired) electrons. The van der Waals surface area contributed by atoms with Crippen LogP contribution < -0.4 is 5.32 Å². The lowest BCUT2D eigenvalue weighted by molar-refractivity contribution is 0.602. The van der Waals surface area contributed by atoms with Crippen LogP contribution in [-0.4, -0.2) is 14.7 Å². The first-order valence-corrected chi connectivity index (χ1v) is 8.57. The van der Waals surface area contributed by atoms with Gasteiger partial charge in [0.1, 0.15) is 0 Å². The largest absolute Gasteiger partial charge is 0.378 e. The van der Waals surface area contributed by atoms with E-state index < -0.39 is 9.84 Å². The Kier molecular flexibility index (Phi) is 3.26. The summed E-state index contributed by atoms with van der Waals surface area (Å²) in [7, 11) is -3.16. The Hall–Kier alpha value is -1.81. The van der Waals surface area contributed by atoms with Crippen LogP contribution >= 0.6 is 0 Å². The molecule has 3 rings (SSSR count). The number of nitrogens with one attached hydrogen (secondary N) is 1.